The molecule has 14 heavy (non-hydrogen) atoms. The lowest BCUT2D eigenvalue weighted by molar-refractivity contribution is -0.141. The highest BCUT2D eigenvalue weighted by Gasteiger charge is 2.04. The second-order valence-electron chi connectivity index (χ2n) is 3.66. The van der Waals surface area contributed by atoms with Gasteiger partial charge in [0.15, 0.2) is 0 Å². The summed E-state index contributed by atoms with van der Waals surface area (Å²) in [5, 5.41) is 0. The lowest BCUT2D eigenvalue weighted by atomic mass is 10.0. The molecule has 0 aliphatic heterocycles. The Hall–Kier alpha value is -1.05. The fourth-order valence-corrected chi connectivity index (χ4v) is 1.08. The normalized spacial score (nSPS) is 11.6. The van der Waals surface area contributed by atoms with Crippen molar-refractivity contribution < 1.29 is 9.53 Å². The molecule has 0 saturated heterocycles. The molecule has 2 nitrogen and oxygen atoms in total. The van der Waals surface area contributed by atoms with Crippen molar-refractivity contribution >= 4 is 5.97 Å². The maximum Gasteiger partial charge on any atom is 0.302 e. The topological polar surface area (TPSA) is 26.3 Å². The summed E-state index contributed by atoms with van der Waals surface area (Å²) in [5.41, 5.74) is 1.32. The third-order valence-electron chi connectivity index (χ3n) is 1.92. The molecule has 0 aliphatic carbocycles. The number of allylic oxidation sites excluding steroid dienone is 2. The summed E-state index contributed by atoms with van der Waals surface area (Å²) >= 11 is 0. The molecule has 0 aromatic heterocycles. The Morgan fingerprint density at radius 1 is 1.43 bits per heavy atom. The molecule has 0 heterocycles. The van der Waals surface area contributed by atoms with Crippen LogP contribution in [-0.4, -0.2) is 12.6 Å². The second kappa shape index (κ2) is 7.36. The van der Waals surface area contributed by atoms with Gasteiger partial charge in [0, 0.05) is 12.8 Å². The molecule has 0 radical (unpaired) electrons. The van der Waals surface area contributed by atoms with Crippen LogP contribution in [0.15, 0.2) is 24.3 Å². The third-order valence-corrected chi connectivity index (χ3v) is 1.92. The van der Waals surface area contributed by atoms with Crippen LogP contribution in [0.25, 0.3) is 0 Å². The second-order valence-corrected chi connectivity index (χ2v) is 3.66. The maximum atomic E-state index is 10.6. The van der Waals surface area contributed by atoms with Crippen LogP contribution in [0.3, 0.4) is 0 Å². The lowest BCUT2D eigenvalue weighted by Gasteiger charge is -2.10. The molecule has 2 heteroatoms. The minimum Gasteiger partial charge on any atom is -0.465 e. The molecular formula is C12H20O2. The van der Waals surface area contributed by atoms with E-state index in [-0.39, 0.29) is 11.9 Å². The van der Waals surface area contributed by atoms with Crippen LogP contribution in [0.5, 0.6) is 0 Å². The van der Waals surface area contributed by atoms with Gasteiger partial charge in [0.05, 0.1) is 6.61 Å². The zero-order valence-electron chi connectivity index (χ0n) is 9.38. The van der Waals surface area contributed by atoms with Crippen LogP contribution >= 0.6 is 0 Å². The number of carbonyl (C=O) groups is 1. The molecule has 0 unspecified atom stereocenters. The van der Waals surface area contributed by atoms with E-state index in [4.69, 9.17) is 4.74 Å². The van der Waals surface area contributed by atoms with Crippen LogP contribution in [0.1, 0.15) is 33.6 Å². The Kier molecular flexibility index (Phi) is 6.81. The van der Waals surface area contributed by atoms with E-state index in [0.29, 0.717) is 6.61 Å². The van der Waals surface area contributed by atoms with Crippen molar-refractivity contribution in [1.29, 1.82) is 0 Å². The minimum absolute atomic E-state index is 0.223. The molecule has 0 N–H and O–H groups in total. The van der Waals surface area contributed by atoms with Gasteiger partial charge in [-0.05, 0) is 26.7 Å². The number of rotatable bonds is 6. The third kappa shape index (κ3) is 7.59. The van der Waals surface area contributed by atoms with Gasteiger partial charge < -0.3 is 4.74 Å². The molecule has 0 rings (SSSR count). The summed E-state index contributed by atoms with van der Waals surface area (Å²) in [6.45, 7) is 9.76. The van der Waals surface area contributed by atoms with E-state index in [1.165, 1.54) is 12.5 Å². The fraction of sp³-hybridized carbons (Fsp3) is 0.583. The van der Waals surface area contributed by atoms with Gasteiger partial charge in [-0.1, -0.05) is 17.7 Å². The smallest absolute Gasteiger partial charge is 0.302 e. The van der Waals surface area contributed by atoms with Crippen LogP contribution < -0.4 is 0 Å². The summed E-state index contributed by atoms with van der Waals surface area (Å²) in [4.78, 5) is 10.6. The molecule has 0 bridgehead atoms. The van der Waals surface area contributed by atoms with Gasteiger partial charge in [0.1, 0.15) is 0 Å². The number of carbonyl (C=O) groups excluding carboxylic acids is 1. The van der Waals surface area contributed by atoms with Crippen LogP contribution in [0.2, 0.25) is 0 Å². The molecule has 0 spiro atoms. The van der Waals surface area contributed by atoms with E-state index in [2.05, 4.69) is 26.5 Å². The van der Waals surface area contributed by atoms with E-state index < -0.39 is 0 Å². The Morgan fingerprint density at radius 3 is 2.50 bits per heavy atom. The van der Waals surface area contributed by atoms with E-state index in [1.807, 2.05) is 6.08 Å². The largest absolute Gasteiger partial charge is 0.465 e. The van der Waals surface area contributed by atoms with E-state index >= 15 is 0 Å². The fourth-order valence-electron chi connectivity index (χ4n) is 1.08. The van der Waals surface area contributed by atoms with Crippen molar-refractivity contribution in [3.63, 3.8) is 0 Å². The van der Waals surface area contributed by atoms with E-state index in [1.54, 1.807) is 0 Å². The summed E-state index contributed by atoms with van der Waals surface area (Å²) in [7, 11) is 0. The van der Waals surface area contributed by atoms with Crippen molar-refractivity contribution in [2.45, 2.75) is 33.6 Å². The quantitative estimate of drug-likeness (QED) is 0.482. The molecular weight excluding hydrogens is 176 g/mol. The first-order valence-electron chi connectivity index (χ1n) is 4.95. The van der Waals surface area contributed by atoms with Crippen molar-refractivity contribution in [1.82, 2.24) is 0 Å². The number of esters is 1. The van der Waals surface area contributed by atoms with Crippen molar-refractivity contribution in [3.8, 4) is 0 Å². The summed E-state index contributed by atoms with van der Waals surface area (Å²) in [6.07, 6.45) is 6.04. The highest BCUT2D eigenvalue weighted by atomic mass is 16.5. The zero-order chi connectivity index (χ0) is 11.0. The van der Waals surface area contributed by atoms with Crippen LogP contribution in [0, 0.1) is 5.92 Å². The molecule has 0 saturated carbocycles. The Bertz CT molecular complexity index is 212. The average Bonchev–Trinajstić information content (AvgIpc) is 2.10. The van der Waals surface area contributed by atoms with Gasteiger partial charge >= 0.3 is 5.97 Å². The number of hydrogen-bond acceptors (Lipinski definition) is 2. The van der Waals surface area contributed by atoms with Crippen LogP contribution in [-0.2, 0) is 9.53 Å². The zero-order valence-corrected chi connectivity index (χ0v) is 9.38. The molecule has 0 aromatic carbocycles. The molecule has 0 aromatic rings. The first kappa shape index (κ1) is 12.9. The monoisotopic (exact) mass is 196 g/mol. The lowest BCUT2D eigenvalue weighted by Crippen LogP contribution is -2.09. The van der Waals surface area contributed by atoms with Gasteiger partial charge in [-0.15, -0.1) is 6.58 Å². The standard InChI is InChI=1S/C12H20O2/c1-5-12(9-14-11(4)13)8-6-7-10(2)3/h5,7,12H,1,6,8-9H2,2-4H3/t12-/m1/s1. The van der Waals surface area contributed by atoms with Crippen molar-refractivity contribution in [3.05, 3.63) is 24.3 Å². The van der Waals surface area contributed by atoms with Crippen molar-refractivity contribution in [2.24, 2.45) is 5.92 Å². The molecule has 0 fully saturated rings. The minimum atomic E-state index is -0.223. The summed E-state index contributed by atoms with van der Waals surface area (Å²) in [5.74, 6) is 0.0496. The SMILES string of the molecule is C=C[C@H](CCC=C(C)C)COC(C)=O. The van der Waals surface area contributed by atoms with Crippen molar-refractivity contribution in [2.75, 3.05) is 6.61 Å². The molecule has 80 valence electrons. The Morgan fingerprint density at radius 2 is 2.07 bits per heavy atom. The van der Waals surface area contributed by atoms with Gasteiger partial charge in [-0.25, -0.2) is 0 Å². The maximum absolute atomic E-state index is 10.6. The van der Waals surface area contributed by atoms with Gasteiger partial charge in [0.2, 0.25) is 0 Å². The number of hydrogen-bond donors (Lipinski definition) is 0. The van der Waals surface area contributed by atoms with Gasteiger partial charge in [0.25, 0.3) is 0 Å². The Labute approximate surface area is 86.6 Å². The van der Waals surface area contributed by atoms with Gasteiger partial charge in [-0.3, -0.25) is 4.79 Å². The van der Waals surface area contributed by atoms with E-state index in [0.717, 1.165) is 12.8 Å². The predicted molar refractivity (Wildman–Crippen MR) is 59.0 cm³/mol. The highest BCUT2D eigenvalue weighted by molar-refractivity contribution is 5.65. The molecule has 1 atom stereocenters. The highest BCUT2D eigenvalue weighted by Crippen LogP contribution is 2.10. The predicted octanol–water partition coefficient (Wildman–Crippen LogP) is 3.10. The average molecular weight is 196 g/mol. The van der Waals surface area contributed by atoms with E-state index in [9.17, 15) is 4.79 Å². The summed E-state index contributed by atoms with van der Waals surface area (Å²) < 4.78 is 4.92. The first-order valence-corrected chi connectivity index (χ1v) is 4.95. The first-order chi connectivity index (χ1) is 6.56. The van der Waals surface area contributed by atoms with Crippen LogP contribution in [0.4, 0.5) is 0 Å². The Balaban J connectivity index is 3.74. The summed E-state index contributed by atoms with van der Waals surface area (Å²) in [6, 6.07) is 0. The van der Waals surface area contributed by atoms with Gasteiger partial charge in [-0.2, -0.15) is 0 Å². The molecule has 0 aliphatic rings. The molecule has 0 amide bonds. The number of ether oxygens (including phenoxy) is 1.